The molecule has 0 saturated heterocycles. The van der Waals surface area contributed by atoms with Crippen molar-refractivity contribution in [1.29, 1.82) is 0 Å². The third kappa shape index (κ3) is 0.746. The molecule has 2 nitrogen and oxygen atoms in total. The predicted molar refractivity (Wildman–Crippen MR) is 36.4 cm³/mol. The predicted octanol–water partition coefficient (Wildman–Crippen LogP) is 1.35. The molecular formula is C8H12O2. The van der Waals surface area contributed by atoms with E-state index in [0.29, 0.717) is 6.61 Å². The average Bonchev–Trinajstić information content (AvgIpc) is 2.76. The monoisotopic (exact) mass is 142 g/mol. The Bertz CT molecular complexity index is 229. The molecule has 1 spiro atoms. The van der Waals surface area contributed by atoms with Crippen LogP contribution in [-0.2, 0) is 9.53 Å². The summed E-state index contributed by atoms with van der Waals surface area (Å²) in [5.41, 5.74) is -0.306. The van der Waals surface area contributed by atoms with E-state index in [0.717, 1.165) is 12.8 Å². The highest BCUT2D eigenvalue weighted by Crippen LogP contribution is 2.70. The van der Waals surface area contributed by atoms with Crippen LogP contribution in [0.5, 0.6) is 0 Å². The molecule has 1 unspecified atom stereocenters. The Labute approximate surface area is 63.4 Å². The van der Waals surface area contributed by atoms with Crippen LogP contribution in [0.1, 0.15) is 28.9 Å². The van der Waals surface area contributed by atoms with E-state index in [-0.39, 0.29) is 11.4 Å². The zero-order valence-corrected chi connectivity index (χ0v) is 6.02. The van der Waals surface area contributed by atoms with Gasteiger partial charge in [0.2, 0.25) is 0 Å². The summed E-state index contributed by atoms with van der Waals surface area (Å²) in [6, 6.07) is 0. The van der Waals surface area contributed by atoms with Gasteiger partial charge < -0.3 is 4.74 Å². The third-order valence-corrected chi connectivity index (χ3v) is 2.21. The second-order valence-corrected chi connectivity index (χ2v) is 2.99. The van der Waals surface area contributed by atoms with Gasteiger partial charge in [-0.25, -0.2) is 0 Å². The second-order valence-electron chi connectivity index (χ2n) is 2.99. The molecule has 2 saturated carbocycles. The maximum Gasteiger partial charge on any atom is 0.309 e. The highest BCUT2D eigenvalue weighted by atomic mass is 16.5. The quantitative estimate of drug-likeness (QED) is 0.544. The standard InChI is InChI=1S/C8H12O2/c1-2-10-7(9)6-5-8(6)3-4-8/h6H,2-5H2,1H3/i5D2. The van der Waals surface area contributed by atoms with Gasteiger partial charge in [-0.1, -0.05) is 0 Å². The number of hydrogen-bond acceptors (Lipinski definition) is 2. The normalized spacial score (nSPS) is 39.9. The summed E-state index contributed by atoms with van der Waals surface area (Å²) in [6.45, 7) is 2.09. The highest BCUT2D eigenvalue weighted by Gasteiger charge is 2.66. The van der Waals surface area contributed by atoms with E-state index in [2.05, 4.69) is 0 Å². The smallest absolute Gasteiger partial charge is 0.309 e. The maximum absolute atomic E-state index is 11.2. The molecule has 0 aliphatic heterocycles. The molecule has 2 fully saturated rings. The molecule has 2 aliphatic carbocycles. The summed E-state index contributed by atoms with van der Waals surface area (Å²) < 4.78 is 19.9. The van der Waals surface area contributed by atoms with Crippen molar-refractivity contribution in [2.75, 3.05) is 6.61 Å². The fraction of sp³-hybridized carbons (Fsp3) is 0.875. The van der Waals surface area contributed by atoms with Crippen molar-refractivity contribution in [3.8, 4) is 0 Å². The van der Waals surface area contributed by atoms with Gasteiger partial charge in [-0.15, -0.1) is 0 Å². The third-order valence-electron chi connectivity index (χ3n) is 2.21. The van der Waals surface area contributed by atoms with Gasteiger partial charge in [-0.2, -0.15) is 0 Å². The Balaban J connectivity index is 2.04. The molecule has 2 heteroatoms. The van der Waals surface area contributed by atoms with Crippen molar-refractivity contribution in [2.24, 2.45) is 11.3 Å². The van der Waals surface area contributed by atoms with Crippen molar-refractivity contribution in [3.05, 3.63) is 0 Å². The SMILES string of the molecule is [2H]C1([2H])C(C(=O)OCC)C12CC2. The molecule has 0 aromatic heterocycles. The zero-order chi connectivity index (χ0) is 8.98. The van der Waals surface area contributed by atoms with Crippen molar-refractivity contribution < 1.29 is 12.3 Å². The van der Waals surface area contributed by atoms with Gasteiger partial charge in [0.05, 0.1) is 12.5 Å². The van der Waals surface area contributed by atoms with E-state index < -0.39 is 12.3 Å². The van der Waals surface area contributed by atoms with E-state index in [1.54, 1.807) is 6.92 Å². The number of rotatable bonds is 2. The Morgan fingerprint density at radius 3 is 3.00 bits per heavy atom. The summed E-state index contributed by atoms with van der Waals surface area (Å²) in [5.74, 6) is -0.815. The van der Waals surface area contributed by atoms with Crippen LogP contribution in [0, 0.1) is 11.3 Å². The molecule has 0 bridgehead atoms. The molecule has 0 heterocycles. The van der Waals surface area contributed by atoms with Crippen LogP contribution in [0.4, 0.5) is 0 Å². The lowest BCUT2D eigenvalue weighted by Gasteiger charge is -1.97. The Hall–Kier alpha value is -0.530. The van der Waals surface area contributed by atoms with Crippen LogP contribution in [0.2, 0.25) is 0 Å². The van der Waals surface area contributed by atoms with Crippen LogP contribution in [0.15, 0.2) is 0 Å². The molecule has 10 heavy (non-hydrogen) atoms. The molecule has 0 aromatic rings. The van der Waals surface area contributed by atoms with E-state index in [4.69, 9.17) is 7.48 Å². The van der Waals surface area contributed by atoms with Gasteiger partial charge in [-0.05, 0) is 31.6 Å². The minimum Gasteiger partial charge on any atom is -0.466 e. The molecule has 56 valence electrons. The summed E-state index contributed by atoms with van der Waals surface area (Å²) in [7, 11) is 0. The first-order valence-electron chi connectivity index (χ1n) is 4.73. The zero-order valence-electron chi connectivity index (χ0n) is 8.02. The summed E-state index contributed by atoms with van der Waals surface area (Å²) in [4.78, 5) is 11.2. The number of hydrogen-bond donors (Lipinski definition) is 0. The van der Waals surface area contributed by atoms with Gasteiger partial charge >= 0.3 is 5.97 Å². The minimum atomic E-state index is -1.28. The fourth-order valence-corrected chi connectivity index (χ4v) is 1.32. The second kappa shape index (κ2) is 1.74. The lowest BCUT2D eigenvalue weighted by atomic mass is 10.3. The largest absolute Gasteiger partial charge is 0.466 e. The Kier molecular flexibility index (Phi) is 0.761. The van der Waals surface area contributed by atoms with Gasteiger partial charge in [0.1, 0.15) is 0 Å². The molecule has 0 radical (unpaired) electrons. The first-order chi connectivity index (χ1) is 5.56. The average molecular weight is 142 g/mol. The number of ether oxygens (including phenoxy) is 1. The van der Waals surface area contributed by atoms with Gasteiger partial charge in [-0.3, -0.25) is 4.79 Å². The fourth-order valence-electron chi connectivity index (χ4n) is 1.32. The number of carbonyl (C=O) groups is 1. The molecule has 2 rings (SSSR count). The number of esters is 1. The summed E-state index contributed by atoms with van der Waals surface area (Å²) in [5, 5.41) is 0. The summed E-state index contributed by atoms with van der Waals surface area (Å²) >= 11 is 0. The summed E-state index contributed by atoms with van der Waals surface area (Å²) in [6.07, 6.45) is 0.423. The Morgan fingerprint density at radius 2 is 2.60 bits per heavy atom. The Morgan fingerprint density at radius 1 is 1.90 bits per heavy atom. The van der Waals surface area contributed by atoms with Crippen LogP contribution in [0.3, 0.4) is 0 Å². The van der Waals surface area contributed by atoms with Gasteiger partial charge in [0.25, 0.3) is 0 Å². The first kappa shape index (κ1) is 4.37. The molecule has 0 aromatic carbocycles. The van der Waals surface area contributed by atoms with E-state index >= 15 is 0 Å². The lowest BCUT2D eigenvalue weighted by molar-refractivity contribution is -0.145. The molecule has 0 N–H and O–H groups in total. The molecule has 2 aliphatic rings. The van der Waals surface area contributed by atoms with Crippen molar-refractivity contribution in [2.45, 2.75) is 26.1 Å². The first-order valence-corrected chi connectivity index (χ1v) is 3.73. The van der Waals surface area contributed by atoms with E-state index in [1.165, 1.54) is 0 Å². The van der Waals surface area contributed by atoms with Gasteiger partial charge in [0, 0.05) is 2.74 Å². The van der Waals surface area contributed by atoms with Gasteiger partial charge in [0.15, 0.2) is 0 Å². The van der Waals surface area contributed by atoms with Crippen LogP contribution in [0.25, 0.3) is 0 Å². The van der Waals surface area contributed by atoms with Crippen LogP contribution < -0.4 is 0 Å². The molecular weight excluding hydrogens is 128 g/mol. The van der Waals surface area contributed by atoms with E-state index in [1.807, 2.05) is 0 Å². The van der Waals surface area contributed by atoms with Crippen LogP contribution >= 0.6 is 0 Å². The minimum absolute atomic E-state index is 0.306. The number of carbonyl (C=O) groups excluding carboxylic acids is 1. The van der Waals surface area contributed by atoms with Crippen molar-refractivity contribution in [1.82, 2.24) is 0 Å². The van der Waals surface area contributed by atoms with E-state index in [9.17, 15) is 4.79 Å². The topological polar surface area (TPSA) is 26.3 Å². The van der Waals surface area contributed by atoms with Crippen LogP contribution in [-0.4, -0.2) is 12.6 Å². The molecule has 1 atom stereocenters. The maximum atomic E-state index is 11.2. The van der Waals surface area contributed by atoms with Crippen molar-refractivity contribution in [3.63, 3.8) is 0 Å². The highest BCUT2D eigenvalue weighted by molar-refractivity contribution is 5.77. The lowest BCUT2D eigenvalue weighted by Crippen LogP contribution is -2.07. The molecule has 0 amide bonds. The van der Waals surface area contributed by atoms with Crippen molar-refractivity contribution >= 4 is 5.97 Å².